The minimum absolute atomic E-state index is 0.598. The zero-order valence-corrected chi connectivity index (χ0v) is 12.8. The Hall–Kier alpha value is -2.35. The highest BCUT2D eigenvalue weighted by atomic mass is 32.2. The topological polar surface area (TPSA) is 63.6 Å². The highest BCUT2D eigenvalue weighted by Crippen LogP contribution is 2.13. The number of nitrogens with zero attached hydrogens (tertiary/aromatic N) is 7. The fourth-order valence-electron chi connectivity index (χ4n) is 1.85. The second-order valence-corrected chi connectivity index (χ2v) is 5.38. The lowest BCUT2D eigenvalue weighted by Gasteiger charge is -2.11. The SMILES string of the molecule is CSc1nnc2n(/N=C\c3ccc(N(C)C)cc3)cnn12. The summed E-state index contributed by atoms with van der Waals surface area (Å²) in [5.41, 5.74) is 2.16. The maximum atomic E-state index is 4.37. The molecule has 108 valence electrons. The van der Waals surface area contributed by atoms with E-state index >= 15 is 0 Å². The van der Waals surface area contributed by atoms with Crippen LogP contribution < -0.4 is 4.90 Å². The van der Waals surface area contributed by atoms with Crippen LogP contribution in [0.3, 0.4) is 0 Å². The third kappa shape index (κ3) is 2.62. The van der Waals surface area contributed by atoms with Gasteiger partial charge in [-0.1, -0.05) is 23.9 Å². The number of rotatable bonds is 4. The van der Waals surface area contributed by atoms with Crippen molar-refractivity contribution < 1.29 is 0 Å². The predicted molar refractivity (Wildman–Crippen MR) is 84.3 cm³/mol. The molecule has 7 nitrogen and oxygen atoms in total. The lowest BCUT2D eigenvalue weighted by molar-refractivity contribution is 0.817. The van der Waals surface area contributed by atoms with Gasteiger partial charge in [-0.2, -0.15) is 19.4 Å². The first kappa shape index (κ1) is 13.6. The Kier molecular flexibility index (Phi) is 3.61. The van der Waals surface area contributed by atoms with Crippen LogP contribution in [0.5, 0.6) is 0 Å². The Morgan fingerprint density at radius 2 is 1.95 bits per heavy atom. The minimum Gasteiger partial charge on any atom is -0.378 e. The lowest BCUT2D eigenvalue weighted by Crippen LogP contribution is -2.08. The maximum Gasteiger partial charge on any atom is 0.275 e. The van der Waals surface area contributed by atoms with Gasteiger partial charge in [-0.15, -0.1) is 10.2 Å². The van der Waals surface area contributed by atoms with Crippen molar-refractivity contribution in [2.24, 2.45) is 5.10 Å². The van der Waals surface area contributed by atoms with Gasteiger partial charge in [0.2, 0.25) is 5.16 Å². The van der Waals surface area contributed by atoms with E-state index in [4.69, 9.17) is 0 Å². The molecule has 3 rings (SSSR count). The summed E-state index contributed by atoms with van der Waals surface area (Å²) in [6.45, 7) is 0. The van der Waals surface area contributed by atoms with Crippen LogP contribution in [0.2, 0.25) is 0 Å². The molecule has 0 amide bonds. The van der Waals surface area contributed by atoms with Gasteiger partial charge in [-0.3, -0.25) is 0 Å². The summed E-state index contributed by atoms with van der Waals surface area (Å²) in [6.07, 6.45) is 5.33. The molecule has 0 saturated heterocycles. The highest BCUT2D eigenvalue weighted by Gasteiger charge is 2.09. The van der Waals surface area contributed by atoms with Crippen LogP contribution in [-0.2, 0) is 0 Å². The first-order valence-corrected chi connectivity index (χ1v) is 7.56. The molecule has 3 aromatic rings. The molecule has 8 heteroatoms. The van der Waals surface area contributed by atoms with Crippen molar-refractivity contribution in [3.63, 3.8) is 0 Å². The zero-order chi connectivity index (χ0) is 14.8. The third-order valence-corrected chi connectivity index (χ3v) is 3.62. The van der Waals surface area contributed by atoms with Gasteiger partial charge in [0.25, 0.3) is 5.78 Å². The Labute approximate surface area is 126 Å². The van der Waals surface area contributed by atoms with Gasteiger partial charge >= 0.3 is 0 Å². The van der Waals surface area contributed by atoms with E-state index in [0.29, 0.717) is 5.78 Å². The molecule has 2 aromatic heterocycles. The number of hydrogen-bond donors (Lipinski definition) is 0. The van der Waals surface area contributed by atoms with Gasteiger partial charge in [0.05, 0.1) is 6.21 Å². The van der Waals surface area contributed by atoms with E-state index in [1.54, 1.807) is 21.7 Å². The number of benzene rings is 1. The van der Waals surface area contributed by atoms with E-state index < -0.39 is 0 Å². The molecule has 0 spiro atoms. The second-order valence-electron chi connectivity index (χ2n) is 4.60. The lowest BCUT2D eigenvalue weighted by atomic mass is 10.2. The molecule has 21 heavy (non-hydrogen) atoms. The van der Waals surface area contributed by atoms with Crippen molar-refractivity contribution >= 4 is 29.4 Å². The highest BCUT2D eigenvalue weighted by molar-refractivity contribution is 7.98. The normalized spacial score (nSPS) is 11.6. The van der Waals surface area contributed by atoms with Crippen LogP contribution in [0.1, 0.15) is 5.56 Å². The molecule has 0 saturated carbocycles. The van der Waals surface area contributed by atoms with Crippen LogP contribution in [0.4, 0.5) is 5.69 Å². The average Bonchev–Trinajstić information content (AvgIpc) is 3.07. The van der Waals surface area contributed by atoms with Crippen molar-refractivity contribution in [1.82, 2.24) is 24.5 Å². The van der Waals surface area contributed by atoms with Gasteiger partial charge in [0, 0.05) is 19.8 Å². The monoisotopic (exact) mass is 301 g/mol. The van der Waals surface area contributed by atoms with E-state index in [2.05, 4.69) is 25.3 Å². The number of hydrogen-bond acceptors (Lipinski definition) is 6. The number of thioether (sulfide) groups is 1. The van der Waals surface area contributed by atoms with Crippen LogP contribution in [0, 0.1) is 0 Å². The van der Waals surface area contributed by atoms with Crippen LogP contribution in [-0.4, -0.2) is 51.1 Å². The molecule has 0 radical (unpaired) electrons. The fraction of sp³-hybridized carbons (Fsp3) is 0.231. The predicted octanol–water partition coefficient (Wildman–Crippen LogP) is 1.60. The van der Waals surface area contributed by atoms with Crippen LogP contribution in [0.25, 0.3) is 5.78 Å². The summed E-state index contributed by atoms with van der Waals surface area (Å²) in [5, 5.41) is 17.4. The summed E-state index contributed by atoms with van der Waals surface area (Å²) in [7, 11) is 4.03. The van der Waals surface area contributed by atoms with Crippen molar-refractivity contribution in [2.45, 2.75) is 5.16 Å². The average molecular weight is 301 g/mol. The van der Waals surface area contributed by atoms with E-state index in [1.165, 1.54) is 11.8 Å². The molecule has 1 aromatic carbocycles. The molecule has 0 N–H and O–H groups in total. The third-order valence-electron chi connectivity index (χ3n) is 3.00. The second kappa shape index (κ2) is 5.57. The summed E-state index contributed by atoms with van der Waals surface area (Å²) < 4.78 is 3.27. The molecule has 0 atom stereocenters. The fourth-order valence-corrected chi connectivity index (χ4v) is 2.27. The maximum absolute atomic E-state index is 4.37. The Bertz CT molecular complexity index is 770. The first-order chi connectivity index (χ1) is 10.2. The number of fused-ring (bicyclic) bond motifs is 1. The van der Waals surface area contributed by atoms with Gasteiger partial charge < -0.3 is 4.90 Å². The molecule has 0 fully saturated rings. The summed E-state index contributed by atoms with van der Waals surface area (Å²) in [5.74, 6) is 0.598. The van der Waals surface area contributed by atoms with E-state index in [9.17, 15) is 0 Å². The molecule has 2 heterocycles. The van der Waals surface area contributed by atoms with Gasteiger partial charge in [0.1, 0.15) is 6.33 Å². The molecular formula is C13H15N7S. The molecule has 0 unspecified atom stereocenters. The van der Waals surface area contributed by atoms with Crippen molar-refractivity contribution in [3.05, 3.63) is 36.2 Å². The van der Waals surface area contributed by atoms with Crippen molar-refractivity contribution in [1.29, 1.82) is 0 Å². The minimum atomic E-state index is 0.598. The van der Waals surface area contributed by atoms with Gasteiger partial charge in [0.15, 0.2) is 0 Å². The van der Waals surface area contributed by atoms with Gasteiger partial charge in [-0.05, 0) is 24.0 Å². The molecule has 0 aliphatic carbocycles. The van der Waals surface area contributed by atoms with E-state index in [0.717, 1.165) is 16.4 Å². The largest absolute Gasteiger partial charge is 0.378 e. The Morgan fingerprint density at radius 1 is 1.19 bits per heavy atom. The van der Waals surface area contributed by atoms with Crippen molar-refractivity contribution in [2.75, 3.05) is 25.3 Å². The molecule has 0 bridgehead atoms. The quantitative estimate of drug-likeness (QED) is 0.541. The number of anilines is 1. The zero-order valence-electron chi connectivity index (χ0n) is 12.0. The molecule has 0 aliphatic rings. The standard InChI is InChI=1S/C13H15N7S/c1-18(2)11-6-4-10(5-7-11)8-14-19-9-15-20-12(19)16-17-13(20)21-3/h4-9H,1-3H3/b14-8-. The van der Waals surface area contributed by atoms with Crippen LogP contribution in [0.15, 0.2) is 40.9 Å². The van der Waals surface area contributed by atoms with E-state index in [1.807, 2.05) is 44.6 Å². The Balaban J connectivity index is 1.85. The summed E-state index contributed by atoms with van der Waals surface area (Å²) in [4.78, 5) is 2.06. The van der Waals surface area contributed by atoms with Crippen LogP contribution >= 0.6 is 11.8 Å². The van der Waals surface area contributed by atoms with Crippen molar-refractivity contribution in [3.8, 4) is 0 Å². The molecular weight excluding hydrogens is 286 g/mol. The first-order valence-electron chi connectivity index (χ1n) is 6.33. The summed E-state index contributed by atoms with van der Waals surface area (Å²) >= 11 is 1.49. The number of aromatic nitrogens is 5. The van der Waals surface area contributed by atoms with Gasteiger partial charge in [-0.25, -0.2) is 0 Å². The Morgan fingerprint density at radius 3 is 2.62 bits per heavy atom. The smallest absolute Gasteiger partial charge is 0.275 e. The molecule has 0 aliphatic heterocycles. The van der Waals surface area contributed by atoms with E-state index in [-0.39, 0.29) is 0 Å². The summed E-state index contributed by atoms with van der Waals surface area (Å²) in [6, 6.07) is 8.13.